The number of nitrogens with zero attached hydrogens (tertiary/aromatic N) is 1. The van der Waals surface area contributed by atoms with Crippen molar-refractivity contribution in [1.82, 2.24) is 4.90 Å². The minimum absolute atomic E-state index is 0.801. The van der Waals surface area contributed by atoms with Crippen LogP contribution in [0.25, 0.3) is 0 Å². The second kappa shape index (κ2) is 12.3. The summed E-state index contributed by atoms with van der Waals surface area (Å²) in [6.07, 6.45) is 6.32. The normalized spacial score (nSPS) is 11.5. The summed E-state index contributed by atoms with van der Waals surface area (Å²) in [6.45, 7) is 17.7. The highest BCUT2D eigenvalue weighted by molar-refractivity contribution is 6.30. The van der Waals surface area contributed by atoms with Gasteiger partial charge in [0.1, 0.15) is 0 Å². The molecule has 0 N–H and O–H groups in total. The van der Waals surface area contributed by atoms with Gasteiger partial charge in [0.2, 0.25) is 0 Å². The van der Waals surface area contributed by atoms with Crippen LogP contribution in [0.3, 0.4) is 0 Å². The van der Waals surface area contributed by atoms with Crippen LogP contribution in [-0.4, -0.2) is 24.5 Å². The third-order valence-electron chi connectivity index (χ3n) is 3.37. The van der Waals surface area contributed by atoms with Crippen LogP contribution in [0, 0.1) is 6.92 Å². The first-order valence-electron chi connectivity index (χ1n) is 7.86. The molecule has 0 heterocycles. The van der Waals surface area contributed by atoms with Gasteiger partial charge in [0.05, 0.1) is 0 Å². The summed E-state index contributed by atoms with van der Waals surface area (Å²) >= 11 is 5.61. The number of hydrogen-bond acceptors (Lipinski definition) is 1. The Balaban J connectivity index is 0.000000461. The standard InChI is InChI=1S/C13H23N.C7H7Cl/c1-6-12(4)9-10-13(5)11-14(7-2)8-3;1-6-2-4-7(8)5-3-6/h6,9-10H,5,7-8,11H2,1-4H3;2-5H,1H3/b10-9-,12-6-;. The van der Waals surface area contributed by atoms with Crippen molar-refractivity contribution in [3.63, 3.8) is 0 Å². The van der Waals surface area contributed by atoms with Gasteiger partial charge in [0.25, 0.3) is 0 Å². The molecule has 2 heteroatoms. The van der Waals surface area contributed by atoms with Gasteiger partial charge in [-0.25, -0.2) is 0 Å². The molecule has 0 spiro atoms. The smallest absolute Gasteiger partial charge is 0.0406 e. The van der Waals surface area contributed by atoms with Crippen LogP contribution >= 0.6 is 11.6 Å². The van der Waals surface area contributed by atoms with Gasteiger partial charge in [0, 0.05) is 11.6 Å². The van der Waals surface area contributed by atoms with Crippen molar-refractivity contribution in [2.75, 3.05) is 19.6 Å². The monoisotopic (exact) mass is 319 g/mol. The van der Waals surface area contributed by atoms with E-state index >= 15 is 0 Å². The fourth-order valence-corrected chi connectivity index (χ4v) is 1.79. The van der Waals surface area contributed by atoms with Crippen molar-refractivity contribution in [2.24, 2.45) is 0 Å². The Morgan fingerprint density at radius 3 is 2.09 bits per heavy atom. The SMILES string of the molecule is C=C(/C=C\C(C)=C/C)CN(CC)CC.Cc1ccc(Cl)cc1. The van der Waals surface area contributed by atoms with Crippen molar-refractivity contribution in [2.45, 2.75) is 34.6 Å². The van der Waals surface area contributed by atoms with Gasteiger partial charge < -0.3 is 0 Å². The predicted molar refractivity (Wildman–Crippen MR) is 102 cm³/mol. The van der Waals surface area contributed by atoms with Gasteiger partial charge in [-0.05, 0) is 51.6 Å². The summed E-state index contributed by atoms with van der Waals surface area (Å²) in [6, 6.07) is 7.75. The van der Waals surface area contributed by atoms with Crippen LogP contribution in [-0.2, 0) is 0 Å². The quantitative estimate of drug-likeness (QED) is 0.576. The lowest BCUT2D eigenvalue weighted by molar-refractivity contribution is 0.332. The van der Waals surface area contributed by atoms with E-state index in [0.29, 0.717) is 0 Å². The van der Waals surface area contributed by atoms with Crippen LogP contribution < -0.4 is 0 Å². The van der Waals surface area contributed by atoms with Gasteiger partial charge in [-0.2, -0.15) is 0 Å². The first-order valence-corrected chi connectivity index (χ1v) is 8.24. The Hall–Kier alpha value is -1.31. The first-order chi connectivity index (χ1) is 10.4. The summed E-state index contributed by atoms with van der Waals surface area (Å²) in [5.74, 6) is 0. The van der Waals surface area contributed by atoms with Crippen LogP contribution in [0.5, 0.6) is 0 Å². The summed E-state index contributed by atoms with van der Waals surface area (Å²) < 4.78 is 0. The molecule has 1 aromatic carbocycles. The van der Waals surface area contributed by atoms with E-state index in [9.17, 15) is 0 Å². The van der Waals surface area contributed by atoms with Gasteiger partial charge in [-0.3, -0.25) is 4.90 Å². The molecule has 1 aromatic rings. The zero-order chi connectivity index (χ0) is 17.0. The van der Waals surface area contributed by atoms with Crippen LogP contribution in [0.4, 0.5) is 0 Å². The lowest BCUT2D eigenvalue weighted by atomic mass is 10.2. The predicted octanol–water partition coefficient (Wildman–Crippen LogP) is 6.06. The summed E-state index contributed by atoms with van der Waals surface area (Å²) in [5.41, 5.74) is 3.70. The Morgan fingerprint density at radius 2 is 1.68 bits per heavy atom. The van der Waals surface area contributed by atoms with Crippen molar-refractivity contribution >= 4 is 11.6 Å². The highest BCUT2D eigenvalue weighted by Crippen LogP contribution is 2.07. The van der Waals surface area contributed by atoms with Crippen LogP contribution in [0.15, 0.2) is 60.2 Å². The Kier molecular flexibility index (Phi) is 11.5. The molecule has 0 aliphatic rings. The molecule has 122 valence electrons. The molecule has 0 saturated heterocycles. The molecule has 1 nitrogen and oxygen atoms in total. The molecule has 0 saturated carbocycles. The fraction of sp³-hybridized carbons (Fsp3) is 0.400. The molecular formula is C20H30ClN. The number of allylic oxidation sites excluding steroid dienone is 3. The van der Waals surface area contributed by atoms with Gasteiger partial charge in [-0.1, -0.05) is 73.5 Å². The average molecular weight is 320 g/mol. The number of benzene rings is 1. The molecule has 0 atom stereocenters. The zero-order valence-electron chi connectivity index (χ0n) is 14.7. The summed E-state index contributed by atoms with van der Waals surface area (Å²) in [5, 5.41) is 0.801. The maximum atomic E-state index is 5.61. The zero-order valence-corrected chi connectivity index (χ0v) is 15.5. The van der Waals surface area contributed by atoms with E-state index in [1.807, 2.05) is 38.1 Å². The molecule has 0 bridgehead atoms. The van der Waals surface area contributed by atoms with E-state index in [0.717, 1.165) is 24.7 Å². The maximum absolute atomic E-state index is 5.61. The average Bonchev–Trinajstić information content (AvgIpc) is 2.53. The van der Waals surface area contributed by atoms with E-state index in [-0.39, 0.29) is 0 Å². The lowest BCUT2D eigenvalue weighted by Crippen LogP contribution is -2.24. The van der Waals surface area contributed by atoms with Gasteiger partial charge in [-0.15, -0.1) is 0 Å². The number of likely N-dealkylation sites (N-methyl/N-ethyl adjacent to an activating group) is 1. The van der Waals surface area contributed by atoms with E-state index in [4.69, 9.17) is 11.6 Å². The van der Waals surface area contributed by atoms with Crippen molar-refractivity contribution < 1.29 is 0 Å². The lowest BCUT2D eigenvalue weighted by Gasteiger charge is -2.17. The Bertz CT molecular complexity index is 458. The van der Waals surface area contributed by atoms with Crippen LogP contribution in [0.1, 0.15) is 33.3 Å². The largest absolute Gasteiger partial charge is 0.300 e. The molecule has 0 aliphatic heterocycles. The maximum Gasteiger partial charge on any atom is 0.0406 e. The highest BCUT2D eigenvalue weighted by atomic mass is 35.5. The minimum Gasteiger partial charge on any atom is -0.300 e. The van der Waals surface area contributed by atoms with Gasteiger partial charge in [0.15, 0.2) is 0 Å². The highest BCUT2D eigenvalue weighted by Gasteiger charge is 1.98. The number of halogens is 1. The number of hydrogen-bond donors (Lipinski definition) is 0. The molecule has 1 rings (SSSR count). The second-order valence-corrected chi connectivity index (χ2v) is 5.72. The summed E-state index contributed by atoms with van der Waals surface area (Å²) in [7, 11) is 0. The molecule has 0 unspecified atom stereocenters. The molecule has 0 radical (unpaired) electrons. The third-order valence-corrected chi connectivity index (χ3v) is 3.62. The van der Waals surface area contributed by atoms with E-state index in [1.165, 1.54) is 16.7 Å². The fourth-order valence-electron chi connectivity index (χ4n) is 1.67. The molecule has 0 fully saturated rings. The molecule has 0 aromatic heterocycles. The third kappa shape index (κ3) is 10.4. The molecule has 22 heavy (non-hydrogen) atoms. The Morgan fingerprint density at radius 1 is 1.14 bits per heavy atom. The number of aryl methyl sites for hydroxylation is 1. The van der Waals surface area contributed by atoms with Gasteiger partial charge >= 0.3 is 0 Å². The van der Waals surface area contributed by atoms with Crippen molar-refractivity contribution in [3.8, 4) is 0 Å². The second-order valence-electron chi connectivity index (χ2n) is 5.28. The molecular weight excluding hydrogens is 290 g/mol. The molecule has 0 amide bonds. The van der Waals surface area contributed by atoms with E-state index in [1.54, 1.807) is 0 Å². The topological polar surface area (TPSA) is 3.24 Å². The van der Waals surface area contributed by atoms with Crippen molar-refractivity contribution in [3.05, 3.63) is 70.8 Å². The minimum atomic E-state index is 0.801. The van der Waals surface area contributed by atoms with E-state index in [2.05, 4.69) is 50.5 Å². The van der Waals surface area contributed by atoms with Crippen LogP contribution in [0.2, 0.25) is 5.02 Å². The Labute approximate surface area is 142 Å². The molecule has 0 aliphatic carbocycles. The number of rotatable bonds is 6. The summed E-state index contributed by atoms with van der Waals surface area (Å²) in [4.78, 5) is 2.36. The van der Waals surface area contributed by atoms with E-state index < -0.39 is 0 Å². The van der Waals surface area contributed by atoms with Crippen molar-refractivity contribution in [1.29, 1.82) is 0 Å². The first kappa shape index (κ1) is 20.7.